The number of benzene rings is 2. The minimum atomic E-state index is -0.294. The highest BCUT2D eigenvalue weighted by Crippen LogP contribution is 2.27. The summed E-state index contributed by atoms with van der Waals surface area (Å²) in [6.07, 6.45) is 1.95. The van der Waals surface area contributed by atoms with Crippen LogP contribution in [0.25, 0.3) is 16.8 Å². The third kappa shape index (κ3) is 3.08. The van der Waals surface area contributed by atoms with Gasteiger partial charge in [-0.05, 0) is 61.7 Å². The summed E-state index contributed by atoms with van der Waals surface area (Å²) in [6.45, 7) is 6.19. The average Bonchev–Trinajstić information content (AvgIpc) is 3.01. The summed E-state index contributed by atoms with van der Waals surface area (Å²) < 4.78 is 7.03. The fourth-order valence-corrected chi connectivity index (χ4v) is 2.75. The number of carbonyl (C=O) groups is 1. The number of esters is 1. The van der Waals surface area contributed by atoms with Crippen molar-refractivity contribution in [1.29, 1.82) is 0 Å². The van der Waals surface area contributed by atoms with E-state index in [0.29, 0.717) is 12.2 Å². The lowest BCUT2D eigenvalue weighted by Crippen LogP contribution is -2.06. The number of aryl methyl sites for hydroxylation is 2. The highest BCUT2D eigenvalue weighted by atomic mass is 16.5. The summed E-state index contributed by atoms with van der Waals surface area (Å²) in [4.78, 5) is 12.2. The van der Waals surface area contributed by atoms with E-state index in [1.54, 1.807) is 6.07 Å². The Morgan fingerprint density at radius 2 is 1.92 bits per heavy atom. The molecular weight excluding hydrogens is 300 g/mol. The maximum atomic E-state index is 12.2. The third-order valence-electron chi connectivity index (χ3n) is 3.90. The van der Waals surface area contributed by atoms with E-state index in [4.69, 9.17) is 4.74 Å². The third-order valence-corrected chi connectivity index (χ3v) is 3.90. The molecule has 0 aliphatic heterocycles. The molecule has 0 saturated heterocycles. The van der Waals surface area contributed by atoms with Crippen LogP contribution in [0, 0.1) is 13.8 Å². The molecule has 0 aliphatic carbocycles. The van der Waals surface area contributed by atoms with E-state index in [1.807, 2.05) is 68.0 Å². The first kappa shape index (κ1) is 16.0. The molecular formula is C20H20N2O2. The predicted octanol–water partition coefficient (Wildman–Crippen LogP) is 4.33. The number of hydrogen-bond donors (Lipinski definition) is 0. The van der Waals surface area contributed by atoms with Gasteiger partial charge in [-0.15, -0.1) is 0 Å². The molecule has 3 rings (SSSR count). The molecule has 4 nitrogen and oxygen atoms in total. The lowest BCUT2D eigenvalue weighted by molar-refractivity contribution is 0.0527. The zero-order valence-corrected chi connectivity index (χ0v) is 14.1. The van der Waals surface area contributed by atoms with Crippen molar-refractivity contribution >= 4 is 5.97 Å². The van der Waals surface area contributed by atoms with Crippen LogP contribution in [0.2, 0.25) is 0 Å². The Morgan fingerprint density at radius 3 is 2.58 bits per heavy atom. The van der Waals surface area contributed by atoms with Crippen LogP contribution in [0.3, 0.4) is 0 Å². The standard InChI is InChI=1S/C20H20N2O2/c1-4-24-20(23)18-8-6-5-7-17(18)16-9-10-19(14(2)13-16)22-12-11-15(3)21-22/h5-13H,4H2,1-3H3. The molecule has 0 bridgehead atoms. The second-order valence-electron chi connectivity index (χ2n) is 5.67. The largest absolute Gasteiger partial charge is 0.462 e. The number of nitrogens with zero attached hydrogens (tertiary/aromatic N) is 2. The topological polar surface area (TPSA) is 44.1 Å². The van der Waals surface area contributed by atoms with Crippen LogP contribution in [-0.4, -0.2) is 22.4 Å². The molecule has 24 heavy (non-hydrogen) atoms. The summed E-state index contributed by atoms with van der Waals surface area (Å²) in [7, 11) is 0. The molecule has 0 N–H and O–H groups in total. The smallest absolute Gasteiger partial charge is 0.338 e. The quantitative estimate of drug-likeness (QED) is 0.672. The average molecular weight is 320 g/mol. The minimum Gasteiger partial charge on any atom is -0.462 e. The van der Waals surface area contributed by atoms with E-state index < -0.39 is 0 Å². The Balaban J connectivity index is 2.03. The SMILES string of the molecule is CCOC(=O)c1ccccc1-c1ccc(-n2ccc(C)n2)c(C)c1. The van der Waals surface area contributed by atoms with Crippen LogP contribution in [0.15, 0.2) is 54.7 Å². The van der Waals surface area contributed by atoms with Crippen molar-refractivity contribution in [2.75, 3.05) is 6.61 Å². The molecule has 122 valence electrons. The summed E-state index contributed by atoms with van der Waals surface area (Å²) in [5, 5.41) is 4.46. The van der Waals surface area contributed by atoms with E-state index in [1.165, 1.54) is 0 Å². The highest BCUT2D eigenvalue weighted by molar-refractivity contribution is 5.97. The van der Waals surface area contributed by atoms with Gasteiger partial charge in [0.25, 0.3) is 0 Å². The summed E-state index contributed by atoms with van der Waals surface area (Å²) >= 11 is 0. The maximum Gasteiger partial charge on any atom is 0.338 e. The number of aromatic nitrogens is 2. The van der Waals surface area contributed by atoms with Gasteiger partial charge in [-0.2, -0.15) is 5.10 Å². The monoisotopic (exact) mass is 320 g/mol. The second kappa shape index (κ2) is 6.71. The normalized spacial score (nSPS) is 10.6. The van der Waals surface area contributed by atoms with Gasteiger partial charge in [-0.3, -0.25) is 0 Å². The number of carbonyl (C=O) groups excluding carboxylic acids is 1. The molecule has 0 saturated carbocycles. The van der Waals surface area contributed by atoms with Gasteiger partial charge in [0, 0.05) is 6.20 Å². The molecule has 2 aromatic carbocycles. The van der Waals surface area contributed by atoms with Crippen molar-refractivity contribution in [3.8, 4) is 16.8 Å². The van der Waals surface area contributed by atoms with Gasteiger partial charge in [-0.25, -0.2) is 9.48 Å². The molecule has 3 aromatic rings. The van der Waals surface area contributed by atoms with E-state index in [9.17, 15) is 4.79 Å². The Bertz CT molecular complexity index is 881. The lowest BCUT2D eigenvalue weighted by Gasteiger charge is -2.12. The molecule has 0 atom stereocenters. The Labute approximate surface area is 141 Å². The van der Waals surface area contributed by atoms with Gasteiger partial charge in [0.05, 0.1) is 23.6 Å². The first-order valence-electron chi connectivity index (χ1n) is 8.00. The van der Waals surface area contributed by atoms with Gasteiger partial charge in [0.2, 0.25) is 0 Å². The van der Waals surface area contributed by atoms with Gasteiger partial charge in [-0.1, -0.05) is 24.3 Å². The summed E-state index contributed by atoms with van der Waals surface area (Å²) in [6, 6.07) is 15.6. The number of hydrogen-bond acceptors (Lipinski definition) is 3. The van der Waals surface area contributed by atoms with Crippen molar-refractivity contribution in [2.45, 2.75) is 20.8 Å². The molecule has 4 heteroatoms. The van der Waals surface area contributed by atoms with Crippen molar-refractivity contribution in [3.05, 3.63) is 71.5 Å². The van der Waals surface area contributed by atoms with E-state index in [-0.39, 0.29) is 5.97 Å². The highest BCUT2D eigenvalue weighted by Gasteiger charge is 2.14. The van der Waals surface area contributed by atoms with Gasteiger partial charge in [0.1, 0.15) is 0 Å². The van der Waals surface area contributed by atoms with Gasteiger partial charge < -0.3 is 4.74 Å². The first-order valence-corrected chi connectivity index (χ1v) is 8.00. The number of ether oxygens (including phenoxy) is 1. The molecule has 0 spiro atoms. The molecule has 0 radical (unpaired) electrons. The van der Waals surface area contributed by atoms with Crippen LogP contribution in [0.4, 0.5) is 0 Å². The molecule has 0 amide bonds. The van der Waals surface area contributed by atoms with Crippen molar-refractivity contribution in [1.82, 2.24) is 9.78 Å². The van der Waals surface area contributed by atoms with Crippen LogP contribution >= 0.6 is 0 Å². The Kier molecular flexibility index (Phi) is 4.47. The molecule has 0 fully saturated rings. The fourth-order valence-electron chi connectivity index (χ4n) is 2.75. The lowest BCUT2D eigenvalue weighted by atomic mass is 9.97. The zero-order valence-electron chi connectivity index (χ0n) is 14.1. The predicted molar refractivity (Wildman–Crippen MR) is 94.4 cm³/mol. The van der Waals surface area contributed by atoms with Crippen molar-refractivity contribution in [3.63, 3.8) is 0 Å². The molecule has 0 aliphatic rings. The second-order valence-corrected chi connectivity index (χ2v) is 5.67. The maximum absolute atomic E-state index is 12.2. The Morgan fingerprint density at radius 1 is 1.12 bits per heavy atom. The summed E-state index contributed by atoms with van der Waals surface area (Å²) in [5.74, 6) is -0.294. The summed E-state index contributed by atoms with van der Waals surface area (Å²) in [5.41, 5.74) is 5.55. The van der Waals surface area contributed by atoms with Crippen LogP contribution in [0.1, 0.15) is 28.5 Å². The molecule has 1 heterocycles. The van der Waals surface area contributed by atoms with Gasteiger partial charge >= 0.3 is 5.97 Å². The fraction of sp³-hybridized carbons (Fsp3) is 0.200. The molecule has 0 unspecified atom stereocenters. The van der Waals surface area contributed by atoms with E-state index >= 15 is 0 Å². The Hall–Kier alpha value is -2.88. The van der Waals surface area contributed by atoms with Gasteiger partial charge in [0.15, 0.2) is 0 Å². The van der Waals surface area contributed by atoms with Crippen LogP contribution in [-0.2, 0) is 4.74 Å². The van der Waals surface area contributed by atoms with E-state index in [2.05, 4.69) is 11.2 Å². The van der Waals surface area contributed by atoms with Crippen LogP contribution in [0.5, 0.6) is 0 Å². The van der Waals surface area contributed by atoms with E-state index in [0.717, 1.165) is 28.1 Å². The number of rotatable bonds is 4. The molecule has 1 aromatic heterocycles. The van der Waals surface area contributed by atoms with Crippen LogP contribution < -0.4 is 0 Å². The zero-order chi connectivity index (χ0) is 17.1. The van der Waals surface area contributed by atoms with Crippen molar-refractivity contribution in [2.24, 2.45) is 0 Å². The van der Waals surface area contributed by atoms with Crippen molar-refractivity contribution < 1.29 is 9.53 Å². The minimum absolute atomic E-state index is 0.294. The first-order chi connectivity index (χ1) is 11.6.